The van der Waals surface area contributed by atoms with Crippen LogP contribution in [0.4, 0.5) is 42.9 Å². The van der Waals surface area contributed by atoms with Crippen LogP contribution in [0.15, 0.2) is 361 Å². The lowest BCUT2D eigenvalue weighted by molar-refractivity contribution is 0.628. The molecule has 2 heterocycles. The van der Waals surface area contributed by atoms with E-state index in [0.717, 1.165) is 110 Å². The van der Waals surface area contributed by atoms with Crippen LogP contribution in [-0.2, 0) is 0 Å². The summed E-state index contributed by atoms with van der Waals surface area (Å²) in [7, 11) is -6.15. The second-order valence-electron chi connectivity index (χ2n) is 33.7. The molecule has 20 rings (SSSR count). The summed E-state index contributed by atoms with van der Waals surface area (Å²) in [5, 5.41) is 19.8. The molecular weight excluding hydrogens is 1500 g/mol. The van der Waals surface area contributed by atoms with Gasteiger partial charge in [-0.25, -0.2) is 8.78 Å². The van der Waals surface area contributed by atoms with E-state index in [9.17, 15) is 0 Å². The van der Waals surface area contributed by atoms with Gasteiger partial charge in [0.15, 0.2) is 27.3 Å². The van der Waals surface area contributed by atoms with Crippen molar-refractivity contribution in [3.63, 3.8) is 0 Å². The maximum atomic E-state index is 18.8. The van der Waals surface area contributed by atoms with E-state index in [1.165, 1.54) is 74.9 Å². The van der Waals surface area contributed by atoms with Gasteiger partial charge < -0.3 is 18.6 Å². The Balaban J connectivity index is 0.829. The smallest absolute Gasteiger partial charge is 0.179 e. The van der Waals surface area contributed by atoms with Gasteiger partial charge in [-0.3, -0.25) is 0 Å². The summed E-state index contributed by atoms with van der Waals surface area (Å²) in [5.41, 5.74) is 19.4. The van der Waals surface area contributed by atoms with E-state index in [1.807, 2.05) is 48.5 Å². The van der Waals surface area contributed by atoms with Crippen LogP contribution in [-0.4, -0.2) is 16.1 Å². The number of hydrogen-bond acceptors (Lipinski definition) is 4. The lowest BCUT2D eigenvalue weighted by Gasteiger charge is -2.35. The monoisotopic (exact) mass is 1590 g/mol. The van der Waals surface area contributed by atoms with Crippen molar-refractivity contribution in [1.82, 2.24) is 0 Å². The van der Waals surface area contributed by atoms with Crippen molar-refractivity contribution in [3.8, 4) is 22.3 Å². The predicted molar refractivity (Wildman–Crippen MR) is 509 cm³/mol. The molecule has 0 aliphatic carbocycles. The second kappa shape index (κ2) is 29.8. The number of benzene rings is 18. The summed E-state index contributed by atoms with van der Waals surface area (Å²) in [6.07, 6.45) is 0. The van der Waals surface area contributed by atoms with Crippen molar-refractivity contribution in [1.29, 1.82) is 0 Å². The number of nitrogens with zero attached hydrogens (tertiary/aromatic N) is 2. The third-order valence-electron chi connectivity index (χ3n) is 25.4. The van der Waals surface area contributed by atoms with E-state index in [-0.39, 0.29) is 11.8 Å². The van der Waals surface area contributed by atoms with Crippen LogP contribution < -0.4 is 51.3 Å². The highest BCUT2D eigenvalue weighted by Gasteiger charge is 2.44. The van der Waals surface area contributed by atoms with Crippen LogP contribution in [0.25, 0.3) is 98.4 Å². The molecule has 0 N–H and O–H groups in total. The third-order valence-corrected chi connectivity index (χ3v) is 35.0. The largest absolute Gasteiger partial charge is 0.454 e. The van der Waals surface area contributed by atoms with E-state index < -0.39 is 27.8 Å². The van der Waals surface area contributed by atoms with Gasteiger partial charge in [-0.2, -0.15) is 0 Å². The molecule has 120 heavy (non-hydrogen) atoms. The minimum Gasteiger partial charge on any atom is -0.454 e. The summed E-state index contributed by atoms with van der Waals surface area (Å²) < 4.78 is 51.8. The SMILES string of the molecule is Cc1ccc([Si](c2ccc(C)cc2)(c2ccc(C)cc2)c2cccc(-c3ccc(F)c(N(c4cc(C(C)C)c5ccc6c(N(c7cc(-c8cccc([Si](c9ccc(C)cc9)(c9ccc(C)cc9)c9ccc(C)cc9)c8)ccc7F)c7cccc8c7oc7ccccc78)cc(C(C)C)c7ccc4c5c76)c4cccc5c4oc4ccccc45)c3)c2)cc1. The Bertz CT molecular complexity index is 6710. The van der Waals surface area contributed by atoms with Crippen molar-refractivity contribution in [2.75, 3.05) is 9.80 Å². The van der Waals surface area contributed by atoms with E-state index >= 15 is 8.78 Å². The summed E-state index contributed by atoms with van der Waals surface area (Å²) in [6, 6.07) is 127. The van der Waals surface area contributed by atoms with E-state index in [4.69, 9.17) is 8.83 Å². The number of rotatable bonds is 18. The van der Waals surface area contributed by atoms with Gasteiger partial charge >= 0.3 is 0 Å². The van der Waals surface area contributed by atoms with Gasteiger partial charge in [0.25, 0.3) is 0 Å². The zero-order chi connectivity index (χ0) is 82.0. The highest BCUT2D eigenvalue weighted by atomic mass is 28.3. The zero-order valence-electron chi connectivity index (χ0n) is 69.1. The Kier molecular flexibility index (Phi) is 18.7. The molecule has 0 amide bonds. The number of halogens is 2. The Labute approximate surface area is 701 Å². The predicted octanol–water partition coefficient (Wildman–Crippen LogP) is 25.8. The fourth-order valence-electron chi connectivity index (χ4n) is 19.3. The van der Waals surface area contributed by atoms with Crippen molar-refractivity contribution in [3.05, 3.63) is 408 Å². The number of aryl methyl sites for hydroxylation is 6. The van der Waals surface area contributed by atoms with Crippen molar-refractivity contribution in [2.24, 2.45) is 0 Å². The molecule has 0 atom stereocenters. The lowest BCUT2D eigenvalue weighted by atomic mass is 9.84. The maximum Gasteiger partial charge on any atom is 0.179 e. The van der Waals surface area contributed by atoms with E-state index in [0.29, 0.717) is 33.9 Å². The summed E-state index contributed by atoms with van der Waals surface area (Å²) in [6.45, 7) is 21.9. The van der Waals surface area contributed by atoms with Crippen molar-refractivity contribution >= 4 is 168 Å². The Morgan fingerprint density at radius 2 is 0.525 bits per heavy atom. The fraction of sp³-hybridized carbons (Fsp3) is 0.107. The summed E-state index contributed by atoms with van der Waals surface area (Å²) in [5.74, 6) is -0.834. The van der Waals surface area contributed by atoms with Gasteiger partial charge in [0.2, 0.25) is 0 Å². The normalized spacial score (nSPS) is 12.2. The van der Waals surface area contributed by atoms with E-state index in [2.05, 4.69) is 370 Å². The number of anilines is 6. The molecule has 4 nitrogen and oxygen atoms in total. The topological polar surface area (TPSA) is 32.8 Å². The maximum absolute atomic E-state index is 18.8. The van der Waals surface area contributed by atoms with Crippen LogP contribution in [0.1, 0.15) is 84.0 Å². The molecule has 20 aromatic rings. The Hall–Kier alpha value is -13.5. The van der Waals surface area contributed by atoms with Crippen LogP contribution in [0.2, 0.25) is 0 Å². The number of fused-ring (bicyclic) bond motifs is 6. The first-order valence-corrected chi connectivity index (χ1v) is 45.8. The Morgan fingerprint density at radius 1 is 0.233 bits per heavy atom. The molecule has 0 saturated carbocycles. The second-order valence-corrected chi connectivity index (χ2v) is 41.3. The third kappa shape index (κ3) is 12.4. The van der Waals surface area contributed by atoms with Crippen LogP contribution in [0, 0.1) is 53.2 Å². The minimum atomic E-state index is -3.08. The molecule has 2 aromatic heterocycles. The molecule has 0 aliphatic heterocycles. The number of hydrogen-bond donors (Lipinski definition) is 0. The first-order chi connectivity index (χ1) is 58.4. The van der Waals surface area contributed by atoms with Gasteiger partial charge in [0, 0.05) is 32.3 Å². The molecule has 582 valence electrons. The molecular formula is C112H90F2N2O2Si2. The number of para-hydroxylation sites is 4. The molecule has 0 aliphatic rings. The number of furan rings is 2. The first kappa shape index (κ1) is 75.3. The molecule has 8 heteroatoms. The summed E-state index contributed by atoms with van der Waals surface area (Å²) >= 11 is 0. The molecule has 0 bridgehead atoms. The quantitative estimate of drug-likeness (QED) is 0.0487. The average Bonchev–Trinajstić information content (AvgIpc) is 0.936. The van der Waals surface area contributed by atoms with Gasteiger partial charge in [-0.1, -0.05) is 352 Å². The van der Waals surface area contributed by atoms with Crippen LogP contribution >= 0.6 is 0 Å². The lowest BCUT2D eigenvalue weighted by Crippen LogP contribution is -2.74. The van der Waals surface area contributed by atoms with Crippen LogP contribution in [0.3, 0.4) is 0 Å². The van der Waals surface area contributed by atoms with Crippen molar-refractivity contribution < 1.29 is 17.6 Å². The van der Waals surface area contributed by atoms with Gasteiger partial charge in [0.05, 0.1) is 34.1 Å². The Morgan fingerprint density at radius 3 is 0.850 bits per heavy atom. The highest BCUT2D eigenvalue weighted by molar-refractivity contribution is 7.20. The van der Waals surface area contributed by atoms with Gasteiger partial charge in [0.1, 0.15) is 22.8 Å². The summed E-state index contributed by atoms with van der Waals surface area (Å²) in [4.78, 5) is 4.28. The van der Waals surface area contributed by atoms with Crippen molar-refractivity contribution in [2.45, 2.75) is 81.1 Å². The molecule has 0 unspecified atom stereocenters. The van der Waals surface area contributed by atoms with E-state index in [1.54, 1.807) is 12.1 Å². The minimum absolute atomic E-state index is 0.0174. The van der Waals surface area contributed by atoms with Gasteiger partial charge in [-0.15, -0.1) is 0 Å². The highest BCUT2D eigenvalue weighted by Crippen LogP contribution is 2.54. The zero-order valence-corrected chi connectivity index (χ0v) is 71.1. The molecule has 0 spiro atoms. The molecule has 0 radical (unpaired) electrons. The molecule has 0 saturated heterocycles. The molecule has 0 fully saturated rings. The van der Waals surface area contributed by atoms with Crippen LogP contribution in [0.5, 0.6) is 0 Å². The molecule has 18 aromatic carbocycles. The fourth-order valence-corrected chi connectivity index (χ4v) is 28.8. The first-order valence-electron chi connectivity index (χ1n) is 41.8. The van der Waals surface area contributed by atoms with Gasteiger partial charge in [-0.05, 0) is 210 Å². The standard InChI is InChI=1S/C112H90F2N2O2Si2/c1-69(2)97-67-103(115(101-27-17-25-93-89-23-11-13-29-107(89)117-111(93)101)105-65-79(43-61-99(105)113)77-19-15-21-87(63-77)119(81-45-31-71(5)32-46-81,82-47-33-72(6)34-48-82)83-49-35-73(7)36-50-83)95-60-58-92-98(70(3)4)68-104(96-59-57-91(97)109(95)110(92)96)116(102-28-18-26-94-90-24-12-14-30-108(90)118-112(94)102)106-66-80(44-62-100(106)114)78-20-16-22-88(64-78)120(84-51-37-74(8)38-52-84,85-53-39-75(9)40-54-85)86-55-41-76(10)42-56-86/h11-70H,1-10H3. The average molecular weight is 1590 g/mol.